The standard InChI is InChI=1S/C57H105N2O6P/c1-6-8-10-12-14-16-18-20-22-24-25-26-27-28-29-30-31-32-33-35-36-38-40-42-44-46-48-50-56(60)55(54-65-66(62,63)64-53-52-59(3,4)5)58-57(61)51-49-47-45-43-41-39-37-34-23-21-19-17-15-13-11-9-7-2/h9,11,15,17,21,23,37,39-40,42,48,50,55-56,60H,6-8,10,12-14,16,18-20,22,24-36,38,41,43-47,49,51-54H2,1-5H3,(H-,58,61,62,63)/p+1/b11-9-,17-15-,23-21-,39-37-,42-40+,50-48+. The number of quaternary nitrogens is 1. The number of amides is 1. The minimum absolute atomic E-state index is 0.0478. The Bertz CT molecular complexity index is 1300. The second-order valence-electron chi connectivity index (χ2n) is 19.6. The maximum atomic E-state index is 12.9. The summed E-state index contributed by atoms with van der Waals surface area (Å²) in [6.07, 6.45) is 65.8. The van der Waals surface area contributed by atoms with Crippen LogP contribution in [-0.4, -0.2) is 73.4 Å². The first-order chi connectivity index (χ1) is 32.0. The van der Waals surface area contributed by atoms with E-state index in [1.807, 2.05) is 27.2 Å². The molecule has 0 saturated carbocycles. The maximum Gasteiger partial charge on any atom is 0.472 e. The fourth-order valence-electron chi connectivity index (χ4n) is 7.64. The molecule has 66 heavy (non-hydrogen) atoms. The van der Waals surface area contributed by atoms with Crippen LogP contribution in [0.15, 0.2) is 72.9 Å². The number of hydrogen-bond acceptors (Lipinski definition) is 5. The van der Waals surface area contributed by atoms with Crippen LogP contribution in [0.1, 0.15) is 232 Å². The number of unbranched alkanes of at least 4 members (excludes halogenated alkanes) is 26. The monoisotopic (exact) mass is 946 g/mol. The van der Waals surface area contributed by atoms with E-state index in [9.17, 15) is 19.4 Å². The van der Waals surface area contributed by atoms with Crippen molar-refractivity contribution in [3.63, 3.8) is 0 Å². The van der Waals surface area contributed by atoms with Crippen LogP contribution in [-0.2, 0) is 18.4 Å². The Morgan fingerprint density at radius 1 is 0.530 bits per heavy atom. The molecule has 0 aliphatic carbocycles. The molecule has 3 atom stereocenters. The van der Waals surface area contributed by atoms with E-state index in [0.29, 0.717) is 17.4 Å². The van der Waals surface area contributed by atoms with E-state index in [1.165, 1.54) is 135 Å². The molecule has 3 N–H and O–H groups in total. The third kappa shape index (κ3) is 49.8. The highest BCUT2D eigenvalue weighted by atomic mass is 31.2. The zero-order valence-electron chi connectivity index (χ0n) is 43.7. The van der Waals surface area contributed by atoms with Crippen molar-refractivity contribution >= 4 is 13.7 Å². The van der Waals surface area contributed by atoms with Crippen LogP contribution < -0.4 is 5.32 Å². The Labute approximate surface area is 408 Å². The van der Waals surface area contributed by atoms with Crippen molar-refractivity contribution in [1.29, 1.82) is 0 Å². The molecule has 0 fully saturated rings. The molecule has 0 aliphatic heterocycles. The smallest absolute Gasteiger partial charge is 0.387 e. The van der Waals surface area contributed by atoms with Gasteiger partial charge in [-0.15, -0.1) is 0 Å². The van der Waals surface area contributed by atoms with E-state index in [4.69, 9.17) is 9.05 Å². The Hall–Kier alpha value is -2.06. The van der Waals surface area contributed by atoms with Crippen LogP contribution in [0.2, 0.25) is 0 Å². The summed E-state index contributed by atoms with van der Waals surface area (Å²) in [7, 11) is 1.53. The van der Waals surface area contributed by atoms with Gasteiger partial charge in [-0.3, -0.25) is 13.8 Å². The number of aliphatic hydroxyl groups excluding tert-OH is 1. The molecule has 0 aromatic carbocycles. The Morgan fingerprint density at radius 2 is 0.924 bits per heavy atom. The molecule has 0 spiro atoms. The zero-order valence-corrected chi connectivity index (χ0v) is 44.6. The van der Waals surface area contributed by atoms with Crippen LogP contribution in [0.5, 0.6) is 0 Å². The van der Waals surface area contributed by atoms with Crippen molar-refractivity contribution in [2.24, 2.45) is 0 Å². The third-order valence-electron chi connectivity index (χ3n) is 11.9. The fraction of sp³-hybridized carbons (Fsp3) is 0.772. The Kier molecular flexibility index (Phi) is 46.5. The van der Waals surface area contributed by atoms with Crippen molar-refractivity contribution in [3.05, 3.63) is 72.9 Å². The lowest BCUT2D eigenvalue weighted by atomic mass is 10.0. The summed E-state index contributed by atoms with van der Waals surface area (Å²) in [5.41, 5.74) is 0. The van der Waals surface area contributed by atoms with E-state index in [0.717, 1.165) is 77.0 Å². The van der Waals surface area contributed by atoms with E-state index >= 15 is 0 Å². The summed E-state index contributed by atoms with van der Waals surface area (Å²) in [5.74, 6) is -0.211. The average Bonchev–Trinajstić information content (AvgIpc) is 3.28. The largest absolute Gasteiger partial charge is 0.472 e. The Balaban J connectivity index is 4.30. The van der Waals surface area contributed by atoms with Gasteiger partial charge in [-0.1, -0.05) is 228 Å². The normalized spacial score (nSPS) is 14.6. The van der Waals surface area contributed by atoms with Gasteiger partial charge in [0.2, 0.25) is 5.91 Å². The number of nitrogens with one attached hydrogen (secondary N) is 1. The van der Waals surface area contributed by atoms with E-state index in [1.54, 1.807) is 6.08 Å². The molecule has 0 radical (unpaired) electrons. The summed E-state index contributed by atoms with van der Waals surface area (Å²) >= 11 is 0. The van der Waals surface area contributed by atoms with Gasteiger partial charge in [0, 0.05) is 6.42 Å². The second kappa shape index (κ2) is 48.0. The molecule has 8 nitrogen and oxygen atoms in total. The van der Waals surface area contributed by atoms with Crippen LogP contribution in [0, 0.1) is 0 Å². The molecule has 0 heterocycles. The number of phosphoric acid groups is 1. The molecule has 3 unspecified atom stereocenters. The van der Waals surface area contributed by atoms with Crippen molar-refractivity contribution in [2.45, 2.75) is 244 Å². The number of carbonyl (C=O) groups excluding carboxylic acids is 1. The summed E-state index contributed by atoms with van der Waals surface area (Å²) in [6.45, 7) is 4.67. The average molecular weight is 946 g/mol. The predicted octanol–water partition coefficient (Wildman–Crippen LogP) is 16.3. The van der Waals surface area contributed by atoms with Crippen molar-refractivity contribution in [2.75, 3.05) is 40.9 Å². The topological polar surface area (TPSA) is 105 Å². The molecule has 9 heteroatoms. The lowest BCUT2D eigenvalue weighted by Crippen LogP contribution is -2.45. The summed E-state index contributed by atoms with van der Waals surface area (Å²) in [5, 5.41) is 13.9. The number of likely N-dealkylation sites (N-methyl/N-ethyl adjacent to an activating group) is 1. The first-order valence-electron chi connectivity index (χ1n) is 27.3. The summed E-state index contributed by atoms with van der Waals surface area (Å²) in [4.78, 5) is 23.2. The molecule has 384 valence electrons. The number of rotatable bonds is 49. The van der Waals surface area contributed by atoms with Crippen molar-refractivity contribution < 1.29 is 32.9 Å². The van der Waals surface area contributed by atoms with Crippen molar-refractivity contribution in [1.82, 2.24) is 5.32 Å². The Morgan fingerprint density at radius 3 is 1.39 bits per heavy atom. The number of hydrogen-bond donors (Lipinski definition) is 3. The number of phosphoric ester groups is 1. The van der Waals surface area contributed by atoms with Gasteiger partial charge in [-0.25, -0.2) is 4.57 Å². The van der Waals surface area contributed by atoms with Gasteiger partial charge in [-0.2, -0.15) is 0 Å². The summed E-state index contributed by atoms with van der Waals surface area (Å²) < 4.78 is 23.6. The molecule has 0 aliphatic rings. The first-order valence-corrected chi connectivity index (χ1v) is 28.8. The van der Waals surface area contributed by atoms with Gasteiger partial charge in [0.15, 0.2) is 0 Å². The van der Waals surface area contributed by atoms with E-state index < -0.39 is 20.0 Å². The maximum absolute atomic E-state index is 12.9. The highest BCUT2D eigenvalue weighted by Gasteiger charge is 2.27. The highest BCUT2D eigenvalue weighted by Crippen LogP contribution is 2.43. The molecule has 1 amide bonds. The van der Waals surface area contributed by atoms with Crippen LogP contribution in [0.3, 0.4) is 0 Å². The predicted molar refractivity (Wildman–Crippen MR) is 286 cm³/mol. The van der Waals surface area contributed by atoms with E-state index in [-0.39, 0.29) is 19.1 Å². The molecular formula is C57H106N2O6P+. The molecule has 0 saturated heterocycles. The van der Waals surface area contributed by atoms with Gasteiger partial charge in [0.25, 0.3) is 0 Å². The SMILES string of the molecule is CC/C=C\C/C=C\C/C=C\C/C=C\CCCCCCC(=O)NC(COP(=O)(O)OCC[N+](C)(C)C)C(O)/C=C/CC/C=C/CCCCCCCCCCCCCCCCCCCCCCC. The minimum Gasteiger partial charge on any atom is -0.387 e. The first kappa shape index (κ1) is 63.9. The lowest BCUT2D eigenvalue weighted by Gasteiger charge is -2.25. The number of allylic oxidation sites excluding steroid dienone is 11. The molecule has 0 aromatic heterocycles. The van der Waals surface area contributed by atoms with Gasteiger partial charge >= 0.3 is 7.82 Å². The lowest BCUT2D eigenvalue weighted by molar-refractivity contribution is -0.870. The number of nitrogens with zero attached hydrogens (tertiary/aromatic N) is 1. The van der Waals surface area contributed by atoms with Gasteiger partial charge < -0.3 is 19.8 Å². The molecular weight excluding hydrogens is 840 g/mol. The second-order valence-corrected chi connectivity index (χ2v) is 21.0. The van der Waals surface area contributed by atoms with Gasteiger partial charge in [0.05, 0.1) is 39.9 Å². The van der Waals surface area contributed by atoms with E-state index in [2.05, 4.69) is 79.9 Å². The quantitative estimate of drug-likeness (QED) is 0.0243. The zero-order chi connectivity index (χ0) is 48.5. The highest BCUT2D eigenvalue weighted by molar-refractivity contribution is 7.47. The van der Waals surface area contributed by atoms with Crippen LogP contribution >= 0.6 is 7.82 Å². The van der Waals surface area contributed by atoms with Crippen molar-refractivity contribution in [3.8, 4) is 0 Å². The fourth-order valence-corrected chi connectivity index (χ4v) is 8.37. The molecule has 0 rings (SSSR count). The summed E-state index contributed by atoms with van der Waals surface area (Å²) in [6, 6.07) is -0.881. The molecule has 0 bridgehead atoms. The van der Waals surface area contributed by atoms with Crippen LogP contribution in [0.25, 0.3) is 0 Å². The van der Waals surface area contributed by atoms with Crippen LogP contribution in [0.4, 0.5) is 0 Å². The molecule has 0 aromatic rings. The number of aliphatic hydroxyl groups is 1. The third-order valence-corrected chi connectivity index (χ3v) is 12.9. The minimum atomic E-state index is -4.36. The van der Waals surface area contributed by atoms with Gasteiger partial charge in [0.1, 0.15) is 13.2 Å². The number of carbonyl (C=O) groups is 1. The van der Waals surface area contributed by atoms with Gasteiger partial charge in [-0.05, 0) is 70.6 Å².